The predicted octanol–water partition coefficient (Wildman–Crippen LogP) is 5.17. The third-order valence-electron chi connectivity index (χ3n) is 3.80. The maximum Gasteiger partial charge on any atom is -0.0412 e. The molecule has 0 heterocycles. The summed E-state index contributed by atoms with van der Waals surface area (Å²) in [5.41, 5.74) is 0. The van der Waals surface area contributed by atoms with E-state index in [1.165, 1.54) is 57.8 Å². The van der Waals surface area contributed by atoms with Crippen LogP contribution in [0.1, 0.15) is 78.1 Å². The van der Waals surface area contributed by atoms with E-state index in [0.717, 1.165) is 11.8 Å². The van der Waals surface area contributed by atoms with Crippen molar-refractivity contribution >= 4 is 0 Å². The molecule has 0 amide bonds. The van der Waals surface area contributed by atoms with Crippen molar-refractivity contribution in [2.24, 2.45) is 11.8 Å². The molecular formula is C14H28. The van der Waals surface area contributed by atoms with E-state index in [-0.39, 0.29) is 0 Å². The van der Waals surface area contributed by atoms with Crippen LogP contribution in [0.4, 0.5) is 0 Å². The summed E-state index contributed by atoms with van der Waals surface area (Å²) in [4.78, 5) is 0. The zero-order chi connectivity index (χ0) is 10.2. The summed E-state index contributed by atoms with van der Waals surface area (Å²) in [5, 5.41) is 0. The number of rotatable bonds is 7. The quantitative estimate of drug-likeness (QED) is 0.527. The third-order valence-corrected chi connectivity index (χ3v) is 3.80. The Balaban J connectivity index is 2.18. The molecular weight excluding hydrogens is 168 g/mol. The molecule has 1 saturated carbocycles. The third kappa shape index (κ3) is 4.48. The Labute approximate surface area is 90.5 Å². The van der Waals surface area contributed by atoms with E-state index < -0.39 is 0 Å². The van der Waals surface area contributed by atoms with Crippen molar-refractivity contribution in [2.75, 3.05) is 0 Å². The summed E-state index contributed by atoms with van der Waals surface area (Å²) < 4.78 is 0. The highest BCUT2D eigenvalue weighted by Gasteiger charge is 2.19. The van der Waals surface area contributed by atoms with Crippen LogP contribution in [0.3, 0.4) is 0 Å². The van der Waals surface area contributed by atoms with E-state index in [2.05, 4.69) is 13.8 Å². The van der Waals surface area contributed by atoms with Gasteiger partial charge in [0.15, 0.2) is 0 Å². The Morgan fingerprint density at radius 3 is 2.29 bits per heavy atom. The topological polar surface area (TPSA) is 0 Å². The fourth-order valence-corrected chi connectivity index (χ4v) is 3.00. The minimum Gasteiger partial charge on any atom is -0.0654 e. The lowest BCUT2D eigenvalue weighted by atomic mass is 9.87. The molecule has 1 rings (SSSR count). The molecule has 1 aliphatic rings. The number of hydrogen-bond donors (Lipinski definition) is 0. The van der Waals surface area contributed by atoms with E-state index in [4.69, 9.17) is 0 Å². The Kier molecular flexibility index (Phi) is 6.31. The molecule has 1 unspecified atom stereocenters. The molecule has 0 aromatic rings. The average Bonchev–Trinajstić information content (AvgIpc) is 2.67. The lowest BCUT2D eigenvalue weighted by Crippen LogP contribution is -2.06. The zero-order valence-corrected chi connectivity index (χ0v) is 10.2. The van der Waals surface area contributed by atoms with Gasteiger partial charge in [0.1, 0.15) is 0 Å². The van der Waals surface area contributed by atoms with Crippen LogP contribution in [0.5, 0.6) is 0 Å². The molecule has 0 radical (unpaired) electrons. The van der Waals surface area contributed by atoms with Gasteiger partial charge in [-0.2, -0.15) is 0 Å². The monoisotopic (exact) mass is 196 g/mol. The molecule has 14 heavy (non-hydrogen) atoms. The summed E-state index contributed by atoms with van der Waals surface area (Å²) in [6, 6.07) is 0. The second-order valence-corrected chi connectivity index (χ2v) is 5.18. The van der Waals surface area contributed by atoms with Gasteiger partial charge in [-0.15, -0.1) is 0 Å². The van der Waals surface area contributed by atoms with Gasteiger partial charge in [0.2, 0.25) is 0 Å². The van der Waals surface area contributed by atoms with Gasteiger partial charge in [-0.25, -0.2) is 0 Å². The average molecular weight is 196 g/mol. The first kappa shape index (κ1) is 12.1. The maximum absolute atomic E-state index is 2.34. The van der Waals surface area contributed by atoms with Gasteiger partial charge in [-0.1, -0.05) is 71.6 Å². The van der Waals surface area contributed by atoms with Crippen LogP contribution in [0.25, 0.3) is 0 Å². The molecule has 84 valence electrons. The van der Waals surface area contributed by atoms with Crippen molar-refractivity contribution in [1.82, 2.24) is 0 Å². The van der Waals surface area contributed by atoms with Crippen LogP contribution >= 0.6 is 0 Å². The van der Waals surface area contributed by atoms with Crippen LogP contribution < -0.4 is 0 Å². The normalized spacial score (nSPS) is 20.1. The van der Waals surface area contributed by atoms with Crippen molar-refractivity contribution in [3.05, 3.63) is 0 Å². The van der Waals surface area contributed by atoms with Crippen LogP contribution in [0, 0.1) is 11.8 Å². The molecule has 0 saturated heterocycles. The Morgan fingerprint density at radius 1 is 1.00 bits per heavy atom. The molecule has 1 fully saturated rings. The van der Waals surface area contributed by atoms with E-state index >= 15 is 0 Å². The summed E-state index contributed by atoms with van der Waals surface area (Å²) >= 11 is 0. The highest BCUT2D eigenvalue weighted by Crippen LogP contribution is 2.33. The summed E-state index contributed by atoms with van der Waals surface area (Å²) in [6.45, 7) is 4.66. The summed E-state index contributed by atoms with van der Waals surface area (Å²) in [7, 11) is 0. The molecule has 0 nitrogen and oxygen atoms in total. The first-order chi connectivity index (χ1) is 6.86. The highest BCUT2D eigenvalue weighted by molar-refractivity contribution is 4.71. The summed E-state index contributed by atoms with van der Waals surface area (Å²) in [6.07, 6.45) is 14.8. The second kappa shape index (κ2) is 7.31. The number of unbranched alkanes of at least 4 members (excludes halogenated alkanes) is 1. The standard InChI is InChI=1S/C14H28/c1-3-5-9-13(8-4-2)12-14-10-6-7-11-14/h13-14H,3-12H2,1-2H3. The first-order valence-corrected chi connectivity index (χ1v) is 6.86. The Hall–Kier alpha value is 0. The minimum atomic E-state index is 1.06. The van der Waals surface area contributed by atoms with Gasteiger partial charge in [-0.05, 0) is 18.3 Å². The molecule has 1 atom stereocenters. The number of hydrogen-bond acceptors (Lipinski definition) is 0. The molecule has 0 spiro atoms. The molecule has 0 bridgehead atoms. The van der Waals surface area contributed by atoms with Gasteiger partial charge in [0, 0.05) is 0 Å². The van der Waals surface area contributed by atoms with Gasteiger partial charge < -0.3 is 0 Å². The highest BCUT2D eigenvalue weighted by atomic mass is 14.2. The minimum absolute atomic E-state index is 1.06. The predicted molar refractivity (Wildman–Crippen MR) is 64.5 cm³/mol. The largest absolute Gasteiger partial charge is 0.0654 e. The van der Waals surface area contributed by atoms with Crippen LogP contribution in [-0.4, -0.2) is 0 Å². The van der Waals surface area contributed by atoms with E-state index in [0.29, 0.717) is 0 Å². The molecule has 0 aliphatic heterocycles. The maximum atomic E-state index is 2.34. The van der Waals surface area contributed by atoms with Crippen molar-refractivity contribution in [2.45, 2.75) is 78.1 Å². The van der Waals surface area contributed by atoms with Crippen molar-refractivity contribution in [1.29, 1.82) is 0 Å². The van der Waals surface area contributed by atoms with Gasteiger partial charge in [-0.3, -0.25) is 0 Å². The van der Waals surface area contributed by atoms with E-state index in [1.54, 1.807) is 6.42 Å². The zero-order valence-electron chi connectivity index (χ0n) is 10.2. The van der Waals surface area contributed by atoms with Crippen molar-refractivity contribution in [3.8, 4) is 0 Å². The summed E-state index contributed by atoms with van der Waals surface area (Å²) in [5.74, 6) is 2.16. The molecule has 1 aliphatic carbocycles. The van der Waals surface area contributed by atoms with E-state index in [9.17, 15) is 0 Å². The second-order valence-electron chi connectivity index (χ2n) is 5.18. The molecule has 0 aromatic heterocycles. The van der Waals surface area contributed by atoms with Gasteiger partial charge in [0.05, 0.1) is 0 Å². The van der Waals surface area contributed by atoms with Gasteiger partial charge in [0.25, 0.3) is 0 Å². The fraction of sp³-hybridized carbons (Fsp3) is 1.00. The Bertz CT molecular complexity index is 122. The van der Waals surface area contributed by atoms with Crippen molar-refractivity contribution < 1.29 is 0 Å². The lowest BCUT2D eigenvalue weighted by Gasteiger charge is -2.19. The van der Waals surface area contributed by atoms with Crippen LogP contribution in [0.15, 0.2) is 0 Å². The molecule has 0 aromatic carbocycles. The molecule has 0 N–H and O–H groups in total. The first-order valence-electron chi connectivity index (χ1n) is 6.86. The SMILES string of the molecule is CCCCC(CCC)CC1CCCC1. The lowest BCUT2D eigenvalue weighted by molar-refractivity contribution is 0.329. The smallest absolute Gasteiger partial charge is 0.0412 e. The fourth-order valence-electron chi connectivity index (χ4n) is 3.00. The van der Waals surface area contributed by atoms with Crippen LogP contribution in [-0.2, 0) is 0 Å². The Morgan fingerprint density at radius 2 is 1.71 bits per heavy atom. The van der Waals surface area contributed by atoms with Crippen LogP contribution in [0.2, 0.25) is 0 Å². The molecule has 0 heteroatoms. The van der Waals surface area contributed by atoms with E-state index in [1.807, 2.05) is 0 Å². The van der Waals surface area contributed by atoms with Gasteiger partial charge >= 0.3 is 0 Å². The van der Waals surface area contributed by atoms with Crippen molar-refractivity contribution in [3.63, 3.8) is 0 Å².